The average molecular weight is 561 g/mol. The molecule has 7 nitrogen and oxygen atoms in total. The summed E-state index contributed by atoms with van der Waals surface area (Å²) in [7, 11) is 0. The van der Waals surface area contributed by atoms with Gasteiger partial charge in [0.25, 0.3) is 0 Å². The minimum absolute atomic E-state index is 0.233. The minimum atomic E-state index is -1.33. The summed E-state index contributed by atoms with van der Waals surface area (Å²) in [5.41, 5.74) is 2.89. The molecule has 1 aliphatic rings. The first-order chi connectivity index (χ1) is 20.1. The number of hydrogen-bond donors (Lipinski definition) is 2. The van der Waals surface area contributed by atoms with Crippen molar-refractivity contribution in [3.63, 3.8) is 0 Å². The van der Waals surface area contributed by atoms with Gasteiger partial charge in [-0.25, -0.2) is 0 Å². The second-order valence-electron chi connectivity index (χ2n) is 9.93. The van der Waals surface area contributed by atoms with Crippen LogP contribution in [-0.4, -0.2) is 60.2 Å². The first-order valence-electron chi connectivity index (χ1n) is 13.9. The Kier molecular flexibility index (Phi) is 12.3. The van der Waals surface area contributed by atoms with Crippen LogP contribution in [-0.2, 0) is 43.5 Å². The predicted molar refractivity (Wildman–Crippen MR) is 157 cm³/mol. The van der Waals surface area contributed by atoms with E-state index in [2.05, 4.69) is 13.2 Å². The first-order valence-corrected chi connectivity index (χ1v) is 13.9. The van der Waals surface area contributed by atoms with E-state index in [1.165, 1.54) is 0 Å². The van der Waals surface area contributed by atoms with Crippen molar-refractivity contribution in [2.24, 2.45) is 5.92 Å². The van der Waals surface area contributed by atoms with Crippen LogP contribution in [0.25, 0.3) is 0 Å². The van der Waals surface area contributed by atoms with Crippen LogP contribution in [0.1, 0.15) is 16.7 Å². The van der Waals surface area contributed by atoms with E-state index >= 15 is 0 Å². The Labute approximate surface area is 242 Å². The smallest absolute Gasteiger partial charge is 0.184 e. The van der Waals surface area contributed by atoms with Gasteiger partial charge in [-0.2, -0.15) is 0 Å². The largest absolute Gasteiger partial charge is 0.394 e. The summed E-state index contributed by atoms with van der Waals surface area (Å²) in [5, 5.41) is 21.5. The standard InChI is InChI=1S/C34H40O7/c1-3-20-37-29(21-35)28(4-2)30-31(38-22-25-14-8-5-9-15-25)32(39-23-26-16-10-6-11-17-26)33(34(36)41-30)40-24-27-18-12-7-13-19-27/h3-19,28-36H,1-2,20-24H2/t28-,29+,30+,31+,32-,33-,34-/m0/s1. The second-order valence-corrected chi connectivity index (χ2v) is 9.93. The fourth-order valence-electron chi connectivity index (χ4n) is 4.99. The number of aliphatic hydroxyl groups is 2. The summed E-state index contributed by atoms with van der Waals surface area (Å²) in [4.78, 5) is 0. The molecule has 0 radical (unpaired) electrons. The lowest BCUT2D eigenvalue weighted by atomic mass is 9.86. The Morgan fingerprint density at radius 2 is 1.17 bits per heavy atom. The number of aliphatic hydroxyl groups excluding tert-OH is 2. The van der Waals surface area contributed by atoms with Gasteiger partial charge >= 0.3 is 0 Å². The Balaban J connectivity index is 1.66. The number of rotatable bonds is 16. The van der Waals surface area contributed by atoms with E-state index in [-0.39, 0.29) is 33.0 Å². The van der Waals surface area contributed by atoms with Crippen molar-refractivity contribution < 1.29 is 33.9 Å². The summed E-state index contributed by atoms with van der Waals surface area (Å²) in [5.74, 6) is -0.534. The number of hydrogen-bond acceptors (Lipinski definition) is 7. The zero-order chi connectivity index (χ0) is 28.9. The van der Waals surface area contributed by atoms with Gasteiger partial charge < -0.3 is 33.9 Å². The monoisotopic (exact) mass is 560 g/mol. The lowest BCUT2D eigenvalue weighted by Crippen LogP contribution is -2.63. The topological polar surface area (TPSA) is 86.6 Å². The highest BCUT2D eigenvalue weighted by Crippen LogP contribution is 2.35. The minimum Gasteiger partial charge on any atom is -0.394 e. The van der Waals surface area contributed by atoms with E-state index < -0.39 is 42.7 Å². The van der Waals surface area contributed by atoms with Gasteiger partial charge in [-0.15, -0.1) is 13.2 Å². The van der Waals surface area contributed by atoms with E-state index in [4.69, 9.17) is 23.7 Å². The lowest BCUT2D eigenvalue weighted by molar-refractivity contribution is -0.321. The molecule has 3 aromatic rings. The molecule has 0 aliphatic carbocycles. The van der Waals surface area contributed by atoms with Crippen LogP contribution in [0.15, 0.2) is 116 Å². The third-order valence-corrected chi connectivity index (χ3v) is 7.09. The SMILES string of the molecule is C=CCO[C@H](CO)[C@H](C=C)[C@H]1O[C@H](O)[C@@H](OCc2ccccc2)[C@@H](OCc2ccccc2)[C@@H]1OCc1ccccc1. The lowest BCUT2D eigenvalue weighted by Gasteiger charge is -2.47. The van der Waals surface area contributed by atoms with Crippen molar-refractivity contribution in [2.75, 3.05) is 13.2 Å². The molecule has 7 atom stereocenters. The first kappa shape index (κ1) is 30.8. The quantitative estimate of drug-likeness (QED) is 0.243. The van der Waals surface area contributed by atoms with Crippen molar-refractivity contribution in [3.05, 3.63) is 133 Å². The molecule has 0 aromatic heterocycles. The van der Waals surface area contributed by atoms with E-state index in [0.717, 1.165) is 16.7 Å². The second kappa shape index (κ2) is 16.3. The summed E-state index contributed by atoms with van der Waals surface area (Å²) in [6.07, 6.45) is -1.76. The van der Waals surface area contributed by atoms with Crippen molar-refractivity contribution in [3.8, 4) is 0 Å². The molecular formula is C34H40O7. The van der Waals surface area contributed by atoms with Gasteiger partial charge in [0.1, 0.15) is 18.3 Å². The fraction of sp³-hybridized carbons (Fsp3) is 0.353. The molecule has 0 bridgehead atoms. The van der Waals surface area contributed by atoms with E-state index in [1.807, 2.05) is 91.0 Å². The average Bonchev–Trinajstić information content (AvgIpc) is 3.02. The Bertz CT molecular complexity index is 1160. The summed E-state index contributed by atoms with van der Waals surface area (Å²) < 4.78 is 31.4. The van der Waals surface area contributed by atoms with Gasteiger partial charge in [-0.1, -0.05) is 103 Å². The maximum atomic E-state index is 11.3. The third kappa shape index (κ3) is 8.67. The maximum Gasteiger partial charge on any atom is 0.184 e. The zero-order valence-corrected chi connectivity index (χ0v) is 23.2. The van der Waals surface area contributed by atoms with Crippen LogP contribution in [0.5, 0.6) is 0 Å². The zero-order valence-electron chi connectivity index (χ0n) is 23.2. The van der Waals surface area contributed by atoms with Gasteiger partial charge in [0.05, 0.1) is 45.2 Å². The van der Waals surface area contributed by atoms with Crippen LogP contribution < -0.4 is 0 Å². The molecular weight excluding hydrogens is 520 g/mol. The molecule has 2 N–H and O–H groups in total. The highest BCUT2D eigenvalue weighted by atomic mass is 16.7. The molecule has 0 unspecified atom stereocenters. The van der Waals surface area contributed by atoms with Gasteiger partial charge in [0.15, 0.2) is 6.29 Å². The third-order valence-electron chi connectivity index (χ3n) is 7.09. The van der Waals surface area contributed by atoms with E-state index in [1.54, 1.807) is 12.2 Å². The molecule has 0 amide bonds. The van der Waals surface area contributed by atoms with Gasteiger partial charge in [0.2, 0.25) is 0 Å². The van der Waals surface area contributed by atoms with Crippen LogP contribution in [0, 0.1) is 5.92 Å². The summed E-state index contributed by atoms with van der Waals surface area (Å²) in [6.45, 7) is 8.46. The van der Waals surface area contributed by atoms with Crippen LogP contribution in [0.2, 0.25) is 0 Å². The molecule has 1 aliphatic heterocycles. The van der Waals surface area contributed by atoms with Crippen molar-refractivity contribution in [1.29, 1.82) is 0 Å². The van der Waals surface area contributed by atoms with Gasteiger partial charge in [0, 0.05) is 5.92 Å². The van der Waals surface area contributed by atoms with Crippen molar-refractivity contribution >= 4 is 0 Å². The molecule has 3 aromatic carbocycles. The van der Waals surface area contributed by atoms with Crippen LogP contribution >= 0.6 is 0 Å². The molecule has 1 saturated heterocycles. The fourth-order valence-corrected chi connectivity index (χ4v) is 4.99. The Hall–Kier alpha value is -3.14. The molecule has 4 rings (SSSR count). The summed E-state index contributed by atoms with van der Waals surface area (Å²) >= 11 is 0. The molecule has 1 heterocycles. The predicted octanol–water partition coefficient (Wildman–Crippen LogP) is 4.83. The molecule has 1 fully saturated rings. The Morgan fingerprint density at radius 1 is 0.707 bits per heavy atom. The van der Waals surface area contributed by atoms with E-state index in [9.17, 15) is 10.2 Å². The Morgan fingerprint density at radius 3 is 1.61 bits per heavy atom. The normalized spacial score (nSPS) is 23.9. The van der Waals surface area contributed by atoms with Gasteiger partial charge in [-0.3, -0.25) is 0 Å². The van der Waals surface area contributed by atoms with E-state index in [0.29, 0.717) is 0 Å². The molecule has 0 spiro atoms. The summed E-state index contributed by atoms with van der Waals surface area (Å²) in [6, 6.07) is 29.3. The van der Waals surface area contributed by atoms with Gasteiger partial charge in [-0.05, 0) is 16.7 Å². The number of benzene rings is 3. The molecule has 7 heteroatoms. The van der Waals surface area contributed by atoms with Crippen molar-refractivity contribution in [1.82, 2.24) is 0 Å². The molecule has 0 saturated carbocycles. The molecule has 41 heavy (non-hydrogen) atoms. The highest BCUT2D eigenvalue weighted by molar-refractivity contribution is 5.16. The highest BCUT2D eigenvalue weighted by Gasteiger charge is 2.51. The van der Waals surface area contributed by atoms with Crippen LogP contribution in [0.4, 0.5) is 0 Å². The number of ether oxygens (including phenoxy) is 5. The van der Waals surface area contributed by atoms with Crippen molar-refractivity contribution in [2.45, 2.75) is 56.6 Å². The molecule has 218 valence electrons. The maximum absolute atomic E-state index is 11.3. The van der Waals surface area contributed by atoms with Crippen LogP contribution in [0.3, 0.4) is 0 Å².